The summed E-state index contributed by atoms with van der Waals surface area (Å²) >= 11 is 0. The molecule has 6 rings (SSSR count). The van der Waals surface area contributed by atoms with Crippen LogP contribution in [-0.2, 0) is 10.8 Å². The Hall–Kier alpha value is -6.50. The van der Waals surface area contributed by atoms with Gasteiger partial charge in [-0.1, -0.05) is 72.7 Å². The molecule has 5 nitrogen and oxygen atoms in total. The van der Waals surface area contributed by atoms with Gasteiger partial charge < -0.3 is 14.2 Å². The summed E-state index contributed by atoms with van der Waals surface area (Å²) in [4.78, 5) is 26.4. The number of hydrogen-bond donors (Lipinski definition) is 0. The molecule has 0 spiro atoms. The van der Waals surface area contributed by atoms with Gasteiger partial charge in [-0.3, -0.25) is 9.59 Å². The maximum atomic E-state index is 15.4. The van der Waals surface area contributed by atoms with E-state index in [2.05, 4.69) is 13.8 Å². The first-order chi connectivity index (χ1) is 31.1. The van der Waals surface area contributed by atoms with Gasteiger partial charge in [-0.15, -0.1) is 0 Å². The molecule has 0 atom stereocenters. The van der Waals surface area contributed by atoms with Gasteiger partial charge in [-0.2, -0.15) is 8.78 Å². The van der Waals surface area contributed by atoms with Crippen molar-refractivity contribution >= 4 is 11.6 Å². The molecule has 0 aliphatic carbocycles. The zero-order valence-corrected chi connectivity index (χ0v) is 37.6. The average molecular weight is 917 g/mol. The van der Waals surface area contributed by atoms with E-state index in [1.807, 2.05) is 45.0 Å². The molecule has 6 aromatic carbocycles. The number of ketones is 2. The Morgan fingerprint density at radius 3 is 1.12 bits per heavy atom. The Morgan fingerprint density at radius 2 is 0.758 bits per heavy atom. The summed E-state index contributed by atoms with van der Waals surface area (Å²) in [6.07, 6.45) is 2.03. The standard InChI is InChI=1S/C53H48F8O5/c1-9-52(7,10-2)39-44(58)40(54)37(41(55)45(39)59)48(62)29-13-21-33(22-14-29)64-34-23-15-30(16-24-34)49(63)38-42(56)46(60)50(47(61)43(38)57)65-35-25-17-31(18-26-35)51(5,6)32-19-27-36(28-20-32)66-53(8,11-3)12-4/h13-28H,9-12H2,1-8H3. The third-order valence-electron chi connectivity index (χ3n) is 12.8. The number of carbonyl (C=O) groups excluding carboxylic acids is 2. The molecule has 0 radical (unpaired) electrons. The van der Waals surface area contributed by atoms with E-state index >= 15 is 35.1 Å². The molecule has 0 aliphatic rings. The predicted octanol–water partition coefficient (Wildman–Crippen LogP) is 15.2. The highest BCUT2D eigenvalue weighted by atomic mass is 19.2. The number of ether oxygens (including phenoxy) is 3. The molecular weight excluding hydrogens is 869 g/mol. The van der Waals surface area contributed by atoms with Crippen molar-refractivity contribution in [1.82, 2.24) is 0 Å². The summed E-state index contributed by atoms with van der Waals surface area (Å²) in [5.41, 5.74) is -4.68. The first kappa shape index (κ1) is 48.9. The van der Waals surface area contributed by atoms with E-state index in [0.717, 1.165) is 54.0 Å². The van der Waals surface area contributed by atoms with Gasteiger partial charge >= 0.3 is 0 Å². The van der Waals surface area contributed by atoms with E-state index in [9.17, 15) is 9.59 Å². The highest BCUT2D eigenvalue weighted by Gasteiger charge is 2.38. The molecule has 0 fully saturated rings. The van der Waals surface area contributed by atoms with E-state index in [-0.39, 0.29) is 46.8 Å². The summed E-state index contributed by atoms with van der Waals surface area (Å²) in [6.45, 7) is 14.8. The number of hydrogen-bond acceptors (Lipinski definition) is 5. The lowest BCUT2D eigenvalue weighted by Gasteiger charge is -2.30. The average Bonchev–Trinajstić information content (AvgIpc) is 3.32. The highest BCUT2D eigenvalue weighted by Crippen LogP contribution is 2.40. The zero-order chi connectivity index (χ0) is 48.5. The van der Waals surface area contributed by atoms with Crippen molar-refractivity contribution in [1.29, 1.82) is 0 Å². The molecule has 6 aromatic rings. The van der Waals surface area contributed by atoms with Crippen LogP contribution in [0.25, 0.3) is 0 Å². The van der Waals surface area contributed by atoms with Crippen molar-refractivity contribution in [2.75, 3.05) is 0 Å². The fourth-order valence-electron chi connectivity index (χ4n) is 7.48. The fourth-order valence-corrected chi connectivity index (χ4v) is 7.48. The van der Waals surface area contributed by atoms with Crippen LogP contribution in [0.2, 0.25) is 0 Å². The van der Waals surface area contributed by atoms with Gasteiger partial charge in [0.05, 0.1) is 0 Å². The third kappa shape index (κ3) is 9.30. The third-order valence-corrected chi connectivity index (χ3v) is 12.8. The summed E-state index contributed by atoms with van der Waals surface area (Å²) in [7, 11) is 0. The second kappa shape index (κ2) is 19.1. The van der Waals surface area contributed by atoms with Crippen molar-refractivity contribution in [2.24, 2.45) is 0 Å². The Morgan fingerprint density at radius 1 is 0.424 bits per heavy atom. The molecule has 0 bridgehead atoms. The summed E-state index contributed by atoms with van der Waals surface area (Å²) in [6, 6.07) is 23.0. The summed E-state index contributed by atoms with van der Waals surface area (Å²) in [5, 5.41) is 0. The second-order valence-corrected chi connectivity index (χ2v) is 17.1. The Kier molecular flexibility index (Phi) is 14.2. The van der Waals surface area contributed by atoms with Crippen LogP contribution in [0, 0.1) is 46.5 Å². The van der Waals surface area contributed by atoms with Gasteiger partial charge in [0.15, 0.2) is 46.5 Å². The Bertz CT molecular complexity index is 2700. The van der Waals surface area contributed by atoms with Crippen LogP contribution in [0.1, 0.15) is 130 Å². The molecule has 0 amide bonds. The predicted molar refractivity (Wildman–Crippen MR) is 235 cm³/mol. The SMILES string of the molecule is CCC(C)(CC)Oc1ccc(C(C)(C)c2ccc(Oc3c(F)c(F)c(C(=O)c4ccc(Oc5ccc(C(=O)c6c(F)c(F)c(C(C)(CC)CC)c(F)c6F)cc5)cc4)c(F)c3F)cc2)cc1. The van der Waals surface area contributed by atoms with E-state index in [1.54, 1.807) is 26.0 Å². The summed E-state index contributed by atoms with van der Waals surface area (Å²) in [5.74, 6) is -18.1. The smallest absolute Gasteiger partial charge is 0.205 e. The number of rotatable bonds is 17. The van der Waals surface area contributed by atoms with Crippen LogP contribution in [0.3, 0.4) is 0 Å². The van der Waals surface area contributed by atoms with Crippen LogP contribution in [0.4, 0.5) is 35.1 Å². The van der Waals surface area contributed by atoms with Crippen LogP contribution in [-0.4, -0.2) is 17.2 Å². The first-order valence-electron chi connectivity index (χ1n) is 21.4. The Balaban J connectivity index is 1.14. The fraction of sp³-hybridized carbons (Fsp3) is 0.283. The lowest BCUT2D eigenvalue weighted by Crippen LogP contribution is -2.30. The molecule has 0 aliphatic heterocycles. The van der Waals surface area contributed by atoms with Crippen LogP contribution >= 0.6 is 0 Å². The van der Waals surface area contributed by atoms with Crippen molar-refractivity contribution in [3.8, 4) is 28.7 Å². The minimum atomic E-state index is -1.98. The second-order valence-electron chi connectivity index (χ2n) is 17.1. The van der Waals surface area contributed by atoms with Crippen LogP contribution < -0.4 is 14.2 Å². The van der Waals surface area contributed by atoms with E-state index < -0.39 is 91.4 Å². The van der Waals surface area contributed by atoms with Gasteiger partial charge in [-0.05, 0) is 122 Å². The van der Waals surface area contributed by atoms with Crippen LogP contribution in [0.15, 0.2) is 97.1 Å². The van der Waals surface area contributed by atoms with Crippen molar-refractivity contribution in [3.63, 3.8) is 0 Å². The molecule has 0 saturated carbocycles. The van der Waals surface area contributed by atoms with E-state index in [0.29, 0.717) is 0 Å². The maximum absolute atomic E-state index is 15.4. The first-order valence-corrected chi connectivity index (χ1v) is 21.4. The highest BCUT2D eigenvalue weighted by molar-refractivity contribution is 6.10. The molecular formula is C53H48F8O5. The normalized spacial score (nSPS) is 12.0. The lowest BCUT2D eigenvalue weighted by molar-refractivity contribution is 0.0802. The largest absolute Gasteiger partial charge is 0.488 e. The minimum Gasteiger partial charge on any atom is -0.488 e. The topological polar surface area (TPSA) is 61.8 Å². The number of carbonyl (C=O) groups is 2. The molecule has 346 valence electrons. The molecule has 66 heavy (non-hydrogen) atoms. The molecule has 0 heterocycles. The van der Waals surface area contributed by atoms with Crippen molar-refractivity contribution in [3.05, 3.63) is 183 Å². The maximum Gasteiger partial charge on any atom is 0.205 e. The summed E-state index contributed by atoms with van der Waals surface area (Å²) < 4.78 is 140. The van der Waals surface area contributed by atoms with Crippen molar-refractivity contribution < 1.29 is 58.9 Å². The van der Waals surface area contributed by atoms with Gasteiger partial charge in [0.2, 0.25) is 17.4 Å². The van der Waals surface area contributed by atoms with Gasteiger partial charge in [0.25, 0.3) is 0 Å². The quantitative estimate of drug-likeness (QED) is 0.0518. The van der Waals surface area contributed by atoms with Crippen LogP contribution in [0.5, 0.6) is 28.7 Å². The van der Waals surface area contributed by atoms with E-state index in [1.165, 1.54) is 43.3 Å². The monoisotopic (exact) mass is 916 g/mol. The minimum absolute atomic E-state index is 0.0447. The Labute approximate surface area is 378 Å². The lowest BCUT2D eigenvalue weighted by atomic mass is 9.76. The van der Waals surface area contributed by atoms with Gasteiger partial charge in [0, 0.05) is 22.1 Å². The van der Waals surface area contributed by atoms with E-state index in [4.69, 9.17) is 14.2 Å². The molecule has 0 unspecified atom stereocenters. The number of halogens is 8. The number of benzene rings is 6. The molecule has 13 heteroatoms. The zero-order valence-electron chi connectivity index (χ0n) is 37.6. The molecule has 0 saturated heterocycles. The molecule has 0 N–H and O–H groups in total. The molecule has 0 aromatic heterocycles. The van der Waals surface area contributed by atoms with Gasteiger partial charge in [-0.25, -0.2) is 26.3 Å². The van der Waals surface area contributed by atoms with Gasteiger partial charge in [0.1, 0.15) is 39.7 Å². The van der Waals surface area contributed by atoms with Crippen molar-refractivity contribution in [2.45, 2.75) is 97.5 Å².